The first kappa shape index (κ1) is 14.1. The van der Waals surface area contributed by atoms with Crippen LogP contribution in [-0.4, -0.2) is 16.1 Å². The summed E-state index contributed by atoms with van der Waals surface area (Å²) in [5, 5.41) is 20.6. The van der Waals surface area contributed by atoms with Gasteiger partial charge in [-0.3, -0.25) is 10.1 Å². The Hall–Kier alpha value is -0.940. The van der Waals surface area contributed by atoms with Crippen molar-refractivity contribution in [2.75, 3.05) is 0 Å². The maximum Gasteiger partial charge on any atom is 0.273 e. The third-order valence-corrected chi connectivity index (χ3v) is 3.22. The molecule has 94 valence electrons. The fourth-order valence-electron chi connectivity index (χ4n) is 1.56. The Morgan fingerprint density at radius 1 is 1.47 bits per heavy atom. The molecule has 0 heterocycles. The zero-order valence-electron chi connectivity index (χ0n) is 9.89. The quantitative estimate of drug-likeness (QED) is 0.670. The lowest BCUT2D eigenvalue weighted by Gasteiger charge is -2.14. The highest BCUT2D eigenvalue weighted by molar-refractivity contribution is 9.10. The van der Waals surface area contributed by atoms with Gasteiger partial charge in [-0.1, -0.05) is 35.8 Å². The number of nitrogens with zero attached hydrogens (tertiary/aromatic N) is 1. The normalized spacial score (nSPS) is 12.8. The Kier molecular flexibility index (Phi) is 5.08. The second-order valence-corrected chi connectivity index (χ2v) is 5.30. The second-order valence-electron chi connectivity index (χ2n) is 4.38. The summed E-state index contributed by atoms with van der Waals surface area (Å²) in [6.45, 7) is 3.86. The van der Waals surface area contributed by atoms with E-state index in [0.717, 1.165) is 0 Å². The predicted molar refractivity (Wildman–Crippen MR) is 70.0 cm³/mol. The lowest BCUT2D eigenvalue weighted by Crippen LogP contribution is -2.15. The molecule has 1 aromatic rings. The maximum absolute atomic E-state index is 10.9. The molecule has 0 aliphatic rings. The highest BCUT2D eigenvalue weighted by Crippen LogP contribution is 2.25. The fraction of sp³-hybridized carbons (Fsp3) is 0.500. The summed E-state index contributed by atoms with van der Waals surface area (Å²) in [6.07, 6.45) is 0.640. The van der Waals surface area contributed by atoms with Crippen LogP contribution in [0.5, 0.6) is 0 Å². The summed E-state index contributed by atoms with van der Waals surface area (Å²) >= 11 is 3.21. The lowest BCUT2D eigenvalue weighted by molar-refractivity contribution is -0.385. The minimum atomic E-state index is -0.418. The molecule has 0 aliphatic carbocycles. The van der Waals surface area contributed by atoms with Crippen LogP contribution in [0.4, 0.5) is 5.69 Å². The third kappa shape index (κ3) is 4.09. The maximum atomic E-state index is 10.9. The molecule has 1 rings (SSSR count). The zero-order chi connectivity index (χ0) is 13.0. The number of hydrogen-bond donors (Lipinski definition) is 1. The van der Waals surface area contributed by atoms with Gasteiger partial charge in [0.15, 0.2) is 0 Å². The summed E-state index contributed by atoms with van der Waals surface area (Å²) < 4.78 is 0.692. The highest BCUT2D eigenvalue weighted by atomic mass is 79.9. The van der Waals surface area contributed by atoms with E-state index in [1.54, 1.807) is 12.1 Å². The van der Waals surface area contributed by atoms with Crippen LogP contribution in [0.1, 0.15) is 25.8 Å². The van der Waals surface area contributed by atoms with Gasteiger partial charge in [-0.15, -0.1) is 0 Å². The molecule has 17 heavy (non-hydrogen) atoms. The van der Waals surface area contributed by atoms with Gasteiger partial charge in [0.1, 0.15) is 0 Å². The Morgan fingerprint density at radius 3 is 2.65 bits per heavy atom. The third-order valence-electron chi connectivity index (χ3n) is 2.72. The molecule has 0 aromatic heterocycles. The highest BCUT2D eigenvalue weighted by Gasteiger charge is 2.16. The number of nitro benzene ring substituents is 1. The van der Waals surface area contributed by atoms with Gasteiger partial charge in [-0.25, -0.2) is 0 Å². The van der Waals surface area contributed by atoms with Crippen molar-refractivity contribution in [1.82, 2.24) is 0 Å². The Labute approximate surface area is 109 Å². The minimum absolute atomic E-state index is 0.107. The molecule has 5 heteroatoms. The van der Waals surface area contributed by atoms with Crippen molar-refractivity contribution in [1.29, 1.82) is 0 Å². The van der Waals surface area contributed by atoms with Crippen LogP contribution in [-0.2, 0) is 6.42 Å². The van der Waals surface area contributed by atoms with Crippen LogP contribution in [0, 0.1) is 16.0 Å². The van der Waals surface area contributed by atoms with Gasteiger partial charge in [-0.05, 0) is 24.8 Å². The van der Waals surface area contributed by atoms with Crippen LogP contribution in [0.15, 0.2) is 22.7 Å². The summed E-state index contributed by atoms with van der Waals surface area (Å²) in [4.78, 5) is 10.5. The van der Waals surface area contributed by atoms with Gasteiger partial charge in [0.05, 0.1) is 11.0 Å². The van der Waals surface area contributed by atoms with Crippen LogP contribution < -0.4 is 0 Å². The van der Waals surface area contributed by atoms with Gasteiger partial charge in [-0.2, -0.15) is 0 Å². The van der Waals surface area contributed by atoms with Crippen molar-refractivity contribution in [2.24, 2.45) is 5.92 Å². The van der Waals surface area contributed by atoms with Gasteiger partial charge >= 0.3 is 0 Å². The number of hydrogen-bond acceptors (Lipinski definition) is 3. The van der Waals surface area contributed by atoms with Crippen molar-refractivity contribution in [3.63, 3.8) is 0 Å². The van der Waals surface area contributed by atoms with Crippen molar-refractivity contribution in [3.05, 3.63) is 38.3 Å². The average Bonchev–Trinajstić information content (AvgIpc) is 2.26. The molecule has 0 bridgehead atoms. The summed E-state index contributed by atoms with van der Waals surface area (Å²) in [7, 11) is 0. The number of aliphatic hydroxyl groups excluding tert-OH is 1. The Bertz CT molecular complexity index is 407. The fourth-order valence-corrected chi connectivity index (χ4v) is 1.90. The number of benzene rings is 1. The second kappa shape index (κ2) is 6.12. The SMILES string of the molecule is CC(C)C(O)CCc1ccc(Br)cc1[N+](=O)[O-]. The topological polar surface area (TPSA) is 63.4 Å². The van der Waals surface area contributed by atoms with E-state index in [-0.39, 0.29) is 16.5 Å². The van der Waals surface area contributed by atoms with E-state index in [0.29, 0.717) is 22.9 Å². The van der Waals surface area contributed by atoms with E-state index < -0.39 is 6.10 Å². The molecule has 4 nitrogen and oxygen atoms in total. The lowest BCUT2D eigenvalue weighted by atomic mass is 9.99. The molecule has 0 fully saturated rings. The first-order valence-corrected chi connectivity index (χ1v) is 6.32. The smallest absolute Gasteiger partial charge is 0.273 e. The van der Waals surface area contributed by atoms with E-state index >= 15 is 0 Å². The summed E-state index contributed by atoms with van der Waals surface area (Å²) in [6, 6.07) is 5.01. The van der Waals surface area contributed by atoms with Gasteiger partial charge < -0.3 is 5.11 Å². The molecule has 0 saturated heterocycles. The predicted octanol–water partition coefficient (Wildman–Crippen LogP) is 3.31. The Balaban J connectivity index is 2.80. The molecule has 0 aliphatic heterocycles. The van der Waals surface area contributed by atoms with Crippen LogP contribution in [0.25, 0.3) is 0 Å². The van der Waals surface area contributed by atoms with Gasteiger partial charge in [0.2, 0.25) is 0 Å². The molecule has 1 N–H and O–H groups in total. The molecule has 1 aromatic carbocycles. The van der Waals surface area contributed by atoms with E-state index in [1.807, 2.05) is 13.8 Å². The van der Waals surface area contributed by atoms with Crippen LogP contribution in [0.3, 0.4) is 0 Å². The number of rotatable bonds is 5. The first-order chi connectivity index (χ1) is 7.91. The molecule has 0 saturated carbocycles. The molecular weight excluding hydrogens is 286 g/mol. The van der Waals surface area contributed by atoms with Crippen molar-refractivity contribution >= 4 is 21.6 Å². The monoisotopic (exact) mass is 301 g/mol. The van der Waals surface area contributed by atoms with Crippen LogP contribution in [0.2, 0.25) is 0 Å². The minimum Gasteiger partial charge on any atom is -0.393 e. The van der Waals surface area contributed by atoms with Crippen molar-refractivity contribution < 1.29 is 10.0 Å². The number of halogens is 1. The largest absolute Gasteiger partial charge is 0.393 e. The standard InChI is InChI=1S/C12H16BrNO3/c1-8(2)12(15)6-4-9-3-5-10(13)7-11(9)14(16)17/h3,5,7-8,12,15H,4,6H2,1-2H3. The average molecular weight is 302 g/mol. The van der Waals surface area contributed by atoms with Crippen molar-refractivity contribution in [3.8, 4) is 0 Å². The van der Waals surface area contributed by atoms with E-state index in [9.17, 15) is 15.2 Å². The summed E-state index contributed by atoms with van der Waals surface area (Å²) in [5.41, 5.74) is 0.772. The van der Waals surface area contributed by atoms with E-state index in [4.69, 9.17) is 0 Å². The van der Waals surface area contributed by atoms with Gasteiger partial charge in [0, 0.05) is 16.1 Å². The number of aryl methyl sites for hydroxylation is 1. The molecular formula is C12H16BrNO3. The van der Waals surface area contributed by atoms with Gasteiger partial charge in [0.25, 0.3) is 5.69 Å². The number of aliphatic hydroxyl groups is 1. The zero-order valence-corrected chi connectivity index (χ0v) is 11.5. The number of nitro groups is 1. The molecule has 0 radical (unpaired) electrons. The molecule has 1 unspecified atom stereocenters. The molecule has 0 amide bonds. The summed E-state index contributed by atoms with van der Waals surface area (Å²) in [5.74, 6) is 0.171. The van der Waals surface area contributed by atoms with Crippen LogP contribution >= 0.6 is 15.9 Å². The molecule has 1 atom stereocenters. The molecule has 0 spiro atoms. The van der Waals surface area contributed by atoms with Crippen molar-refractivity contribution in [2.45, 2.75) is 32.8 Å². The van der Waals surface area contributed by atoms with E-state index in [2.05, 4.69) is 15.9 Å². The first-order valence-electron chi connectivity index (χ1n) is 5.52. The van der Waals surface area contributed by atoms with E-state index in [1.165, 1.54) is 6.07 Å². The Morgan fingerprint density at radius 2 is 2.12 bits per heavy atom.